The van der Waals surface area contributed by atoms with Gasteiger partial charge in [-0.25, -0.2) is 0 Å². The van der Waals surface area contributed by atoms with E-state index in [1.807, 2.05) is 0 Å². The number of carbonyl (C=O) groups excluding carboxylic acids is 3. The lowest BCUT2D eigenvalue weighted by molar-refractivity contribution is -0.167. The van der Waals surface area contributed by atoms with Gasteiger partial charge in [0.2, 0.25) is 0 Å². The number of hydrogen-bond acceptors (Lipinski definition) is 6. The average Bonchev–Trinajstić information content (AvgIpc) is 3.40. The minimum atomic E-state index is -0.813. The molecule has 1 unspecified atom stereocenters. The van der Waals surface area contributed by atoms with Crippen LogP contribution in [0.1, 0.15) is 245 Å². The predicted molar refractivity (Wildman–Crippen MR) is 320 cm³/mol. The Bertz CT molecular complexity index is 1640. The van der Waals surface area contributed by atoms with Gasteiger partial charge in [-0.1, -0.05) is 237 Å². The van der Waals surface area contributed by atoms with Crippen molar-refractivity contribution in [2.75, 3.05) is 13.2 Å². The van der Waals surface area contributed by atoms with Crippen LogP contribution in [0.2, 0.25) is 0 Å². The first-order valence-electron chi connectivity index (χ1n) is 29.8. The first kappa shape index (κ1) is 69.3. The molecule has 1 atom stereocenters. The normalized spacial score (nSPS) is 13.2. The van der Waals surface area contributed by atoms with E-state index >= 15 is 0 Å². The van der Waals surface area contributed by atoms with Gasteiger partial charge in [-0.3, -0.25) is 14.4 Å². The Morgan fingerprint density at radius 2 is 0.527 bits per heavy atom. The zero-order valence-electron chi connectivity index (χ0n) is 47.5. The Labute approximate surface area is 455 Å². The van der Waals surface area contributed by atoms with E-state index < -0.39 is 6.10 Å². The topological polar surface area (TPSA) is 78.9 Å². The Morgan fingerprint density at radius 3 is 0.865 bits per heavy atom. The van der Waals surface area contributed by atoms with Crippen molar-refractivity contribution in [2.24, 2.45) is 0 Å². The summed E-state index contributed by atoms with van der Waals surface area (Å²) in [6.45, 7) is 6.29. The second-order valence-corrected chi connectivity index (χ2v) is 19.1. The van der Waals surface area contributed by atoms with Gasteiger partial charge in [0.1, 0.15) is 13.2 Å². The third-order valence-corrected chi connectivity index (χ3v) is 12.0. The fourth-order valence-electron chi connectivity index (χ4n) is 7.65. The summed E-state index contributed by atoms with van der Waals surface area (Å²) in [6, 6.07) is 0. The zero-order valence-corrected chi connectivity index (χ0v) is 47.5. The van der Waals surface area contributed by atoms with E-state index in [0.29, 0.717) is 19.3 Å². The third kappa shape index (κ3) is 58.2. The highest BCUT2D eigenvalue weighted by Crippen LogP contribution is 2.14. The summed E-state index contributed by atoms with van der Waals surface area (Å²) >= 11 is 0. The molecule has 416 valence electrons. The molecule has 0 fully saturated rings. The lowest BCUT2D eigenvalue weighted by Crippen LogP contribution is -2.30. The van der Waals surface area contributed by atoms with Crippen LogP contribution < -0.4 is 0 Å². The first-order valence-corrected chi connectivity index (χ1v) is 29.8. The van der Waals surface area contributed by atoms with Crippen molar-refractivity contribution in [3.8, 4) is 0 Å². The molecule has 0 spiro atoms. The number of carbonyl (C=O) groups is 3. The maximum absolute atomic E-state index is 12.9. The molecule has 74 heavy (non-hydrogen) atoms. The molecule has 0 N–H and O–H groups in total. The second kappa shape index (κ2) is 60.8. The van der Waals surface area contributed by atoms with Gasteiger partial charge in [0.15, 0.2) is 6.10 Å². The van der Waals surface area contributed by atoms with Crippen molar-refractivity contribution in [1.29, 1.82) is 0 Å². The lowest BCUT2D eigenvalue weighted by atomic mass is 10.1. The Hall–Kier alpha value is -4.71. The molecular weight excluding hydrogens is 913 g/mol. The van der Waals surface area contributed by atoms with E-state index in [-0.39, 0.29) is 37.5 Å². The van der Waals surface area contributed by atoms with E-state index in [1.165, 1.54) is 51.4 Å². The molecule has 0 saturated carbocycles. The van der Waals surface area contributed by atoms with Crippen LogP contribution in [0.25, 0.3) is 0 Å². The fourth-order valence-corrected chi connectivity index (χ4v) is 7.65. The van der Waals surface area contributed by atoms with Crippen LogP contribution in [-0.2, 0) is 28.6 Å². The van der Waals surface area contributed by atoms with E-state index in [2.05, 4.69) is 167 Å². The van der Waals surface area contributed by atoms with Gasteiger partial charge in [-0.05, 0) is 135 Å². The largest absolute Gasteiger partial charge is 0.462 e. The van der Waals surface area contributed by atoms with Crippen LogP contribution in [0, 0.1) is 0 Å². The molecule has 0 aromatic heterocycles. The maximum Gasteiger partial charge on any atom is 0.306 e. The van der Waals surface area contributed by atoms with Crippen molar-refractivity contribution in [3.63, 3.8) is 0 Å². The van der Waals surface area contributed by atoms with Gasteiger partial charge in [0.05, 0.1) is 0 Å². The summed E-state index contributed by atoms with van der Waals surface area (Å²) in [7, 11) is 0. The molecule has 0 aromatic carbocycles. The van der Waals surface area contributed by atoms with Crippen molar-refractivity contribution in [1.82, 2.24) is 0 Å². The smallest absolute Gasteiger partial charge is 0.306 e. The number of hydrogen-bond donors (Lipinski definition) is 0. The predicted octanol–water partition coefficient (Wildman–Crippen LogP) is 20.4. The molecule has 0 aliphatic heterocycles. The monoisotopic (exact) mass is 1020 g/mol. The Balaban J connectivity index is 4.39. The van der Waals surface area contributed by atoms with Gasteiger partial charge in [-0.2, -0.15) is 0 Å². The Morgan fingerprint density at radius 1 is 0.284 bits per heavy atom. The highest BCUT2D eigenvalue weighted by Gasteiger charge is 2.19. The highest BCUT2D eigenvalue weighted by atomic mass is 16.6. The van der Waals surface area contributed by atoms with Crippen LogP contribution in [0.15, 0.2) is 146 Å². The number of ether oxygens (including phenoxy) is 3. The molecule has 0 saturated heterocycles. The molecule has 0 aliphatic rings. The number of allylic oxidation sites excluding steroid dienone is 24. The highest BCUT2D eigenvalue weighted by molar-refractivity contribution is 5.71. The summed E-state index contributed by atoms with van der Waals surface area (Å²) in [4.78, 5) is 38.1. The number of rotatable bonds is 52. The molecule has 0 bridgehead atoms. The summed E-state index contributed by atoms with van der Waals surface area (Å²) in [5.74, 6) is -0.973. The molecule has 0 heterocycles. The molecule has 0 rings (SSSR count). The van der Waals surface area contributed by atoms with E-state index in [0.717, 1.165) is 148 Å². The summed E-state index contributed by atoms with van der Waals surface area (Å²) in [5, 5.41) is 0. The molecule has 6 heteroatoms. The van der Waals surface area contributed by atoms with Crippen LogP contribution in [0.3, 0.4) is 0 Å². The van der Waals surface area contributed by atoms with Crippen LogP contribution in [0.4, 0.5) is 0 Å². The van der Waals surface area contributed by atoms with Crippen molar-refractivity contribution in [2.45, 2.75) is 252 Å². The van der Waals surface area contributed by atoms with Crippen molar-refractivity contribution >= 4 is 17.9 Å². The summed E-state index contributed by atoms with van der Waals surface area (Å²) < 4.78 is 16.8. The first-order chi connectivity index (χ1) is 36.5. The standard InChI is InChI=1S/C68H108O6/c1-4-7-10-13-16-19-22-24-26-28-30-32-33-34-35-37-38-40-42-44-46-49-52-55-58-61-67(70)73-64-65(63-72-66(69)60-57-54-51-48-21-18-15-12-9-6-3)74-68(71)62-59-56-53-50-47-45-43-41-39-36-31-29-27-25-23-20-17-14-11-8-5-2/h7-8,10-12,15-17,19-20,24-27,30-32,34-36,41,43,47,50,65H,4-6,9,13-14,18,21-23,28-29,33,37-40,42,44-46,48-49,51-64H2,1-3H3/b10-7-,11-8-,15-12-,19-16-,20-17-,26-24-,27-25-,32-30-,35-34-,36-31-,43-41-,50-47-. The van der Waals surface area contributed by atoms with E-state index in [1.54, 1.807) is 0 Å². The molecular formula is C68H108O6. The maximum atomic E-state index is 12.9. The van der Waals surface area contributed by atoms with Crippen molar-refractivity contribution in [3.05, 3.63) is 146 Å². The lowest BCUT2D eigenvalue weighted by Gasteiger charge is -2.18. The van der Waals surface area contributed by atoms with Crippen LogP contribution in [-0.4, -0.2) is 37.2 Å². The number of esters is 3. The van der Waals surface area contributed by atoms with Crippen LogP contribution >= 0.6 is 0 Å². The average molecular weight is 1020 g/mol. The molecule has 0 amide bonds. The quantitative estimate of drug-likeness (QED) is 0.0261. The van der Waals surface area contributed by atoms with Gasteiger partial charge in [0, 0.05) is 19.3 Å². The van der Waals surface area contributed by atoms with E-state index in [9.17, 15) is 14.4 Å². The van der Waals surface area contributed by atoms with E-state index in [4.69, 9.17) is 14.2 Å². The summed E-state index contributed by atoms with van der Waals surface area (Å²) in [5.41, 5.74) is 0. The zero-order chi connectivity index (χ0) is 53.6. The molecule has 0 aromatic rings. The second-order valence-electron chi connectivity index (χ2n) is 19.1. The van der Waals surface area contributed by atoms with Crippen LogP contribution in [0.5, 0.6) is 0 Å². The minimum Gasteiger partial charge on any atom is -0.462 e. The fraction of sp³-hybridized carbons (Fsp3) is 0.603. The third-order valence-electron chi connectivity index (χ3n) is 12.0. The summed E-state index contributed by atoms with van der Waals surface area (Å²) in [6.07, 6.45) is 87.1. The SMILES string of the molecule is CC/C=C\C/C=C\C/C=C\C/C=C\C/C=C\C/C=C\CCCCC(=O)OC(COC(=O)CCCCCCC/C=C\CCC)COC(=O)CCCCCCCCCCC/C=C\C/C=C\C/C=C\C/C=C\C/C=C\CC. The van der Waals surface area contributed by atoms with Gasteiger partial charge in [-0.15, -0.1) is 0 Å². The van der Waals surface area contributed by atoms with Gasteiger partial charge in [0.25, 0.3) is 0 Å². The Kier molecular flexibility index (Phi) is 57.0. The molecule has 6 nitrogen and oxygen atoms in total. The van der Waals surface area contributed by atoms with Gasteiger partial charge < -0.3 is 14.2 Å². The number of unbranched alkanes of at least 4 members (excludes halogenated alkanes) is 17. The van der Waals surface area contributed by atoms with Gasteiger partial charge >= 0.3 is 17.9 Å². The molecule has 0 aliphatic carbocycles. The van der Waals surface area contributed by atoms with Crippen molar-refractivity contribution < 1.29 is 28.6 Å². The minimum absolute atomic E-state index is 0.107. The molecule has 0 radical (unpaired) electrons.